The molecule has 3 rings (SSSR count). The lowest BCUT2D eigenvalue weighted by Gasteiger charge is -2.23. The number of carbonyl (C=O) groups is 2. The van der Waals surface area contributed by atoms with Crippen molar-refractivity contribution in [3.8, 4) is 0 Å². The SMILES string of the molecule is CC[C@H](C)[C@H](N=C1NS(=O)(=O)c2ccccc21)C(=O)NCCC(=O)NC1CCCCC1. The summed E-state index contributed by atoms with van der Waals surface area (Å²) in [6.07, 6.45) is 6.46. The van der Waals surface area contributed by atoms with Gasteiger partial charge in [-0.2, -0.15) is 0 Å². The van der Waals surface area contributed by atoms with Crippen LogP contribution in [0.2, 0.25) is 0 Å². The molecule has 0 unspecified atom stereocenters. The fourth-order valence-electron chi connectivity index (χ4n) is 3.99. The monoisotopic (exact) mass is 448 g/mol. The summed E-state index contributed by atoms with van der Waals surface area (Å²) >= 11 is 0. The molecule has 1 heterocycles. The molecule has 9 heteroatoms. The number of amides is 2. The van der Waals surface area contributed by atoms with Crippen molar-refractivity contribution in [2.75, 3.05) is 6.54 Å². The second kappa shape index (κ2) is 10.3. The van der Waals surface area contributed by atoms with Crippen LogP contribution in [-0.2, 0) is 19.6 Å². The molecule has 1 fully saturated rings. The molecular formula is C22H32N4O4S. The van der Waals surface area contributed by atoms with Gasteiger partial charge < -0.3 is 10.6 Å². The Balaban J connectivity index is 1.63. The van der Waals surface area contributed by atoms with Gasteiger partial charge in [0.05, 0.1) is 4.90 Å². The second-order valence-corrected chi connectivity index (χ2v) is 10.0. The Morgan fingerprint density at radius 3 is 2.61 bits per heavy atom. The molecule has 1 aromatic rings. The Hall–Kier alpha value is -2.42. The van der Waals surface area contributed by atoms with Gasteiger partial charge in [-0.1, -0.05) is 51.7 Å². The van der Waals surface area contributed by atoms with E-state index in [1.54, 1.807) is 18.2 Å². The standard InChI is InChI=1S/C22H32N4O4S/c1-3-15(2)20(25-21-17-11-7-8-12-18(17)31(29,30)26-21)22(28)23-14-13-19(27)24-16-9-5-4-6-10-16/h7-8,11-12,15-16,20H,3-6,9-10,13-14H2,1-2H3,(H,23,28)(H,24,27)(H,25,26)/t15-,20-/m0/s1. The van der Waals surface area contributed by atoms with E-state index in [9.17, 15) is 18.0 Å². The van der Waals surface area contributed by atoms with Crippen molar-refractivity contribution in [3.63, 3.8) is 0 Å². The highest BCUT2D eigenvalue weighted by Crippen LogP contribution is 2.24. The summed E-state index contributed by atoms with van der Waals surface area (Å²) in [6, 6.07) is 6.07. The molecule has 8 nitrogen and oxygen atoms in total. The van der Waals surface area contributed by atoms with Gasteiger partial charge in [0, 0.05) is 24.6 Å². The fraction of sp³-hybridized carbons (Fsp3) is 0.591. The largest absolute Gasteiger partial charge is 0.354 e. The summed E-state index contributed by atoms with van der Waals surface area (Å²) < 4.78 is 27.1. The van der Waals surface area contributed by atoms with Crippen molar-refractivity contribution < 1.29 is 18.0 Å². The molecule has 0 bridgehead atoms. The minimum Gasteiger partial charge on any atom is -0.354 e. The van der Waals surface area contributed by atoms with Crippen molar-refractivity contribution >= 4 is 27.7 Å². The molecule has 31 heavy (non-hydrogen) atoms. The van der Waals surface area contributed by atoms with E-state index in [-0.39, 0.29) is 47.5 Å². The van der Waals surface area contributed by atoms with Crippen molar-refractivity contribution in [3.05, 3.63) is 29.8 Å². The van der Waals surface area contributed by atoms with Gasteiger partial charge in [-0.15, -0.1) is 0 Å². The first-order valence-electron chi connectivity index (χ1n) is 11.1. The van der Waals surface area contributed by atoms with Crippen LogP contribution in [0, 0.1) is 5.92 Å². The fourth-order valence-corrected chi connectivity index (χ4v) is 5.23. The van der Waals surface area contributed by atoms with Crippen LogP contribution in [0.4, 0.5) is 0 Å². The van der Waals surface area contributed by atoms with Crippen LogP contribution in [-0.4, -0.2) is 44.7 Å². The van der Waals surface area contributed by atoms with Crippen LogP contribution in [0.3, 0.4) is 0 Å². The number of rotatable bonds is 8. The number of fused-ring (bicyclic) bond motifs is 1. The molecule has 1 aromatic carbocycles. The normalized spacial score (nSPS) is 21.0. The van der Waals surface area contributed by atoms with Crippen LogP contribution < -0.4 is 15.4 Å². The summed E-state index contributed by atoms with van der Waals surface area (Å²) in [5.41, 5.74) is 0.468. The maximum absolute atomic E-state index is 12.8. The van der Waals surface area contributed by atoms with Crippen molar-refractivity contribution in [2.45, 2.75) is 75.8 Å². The van der Waals surface area contributed by atoms with Gasteiger partial charge in [0.1, 0.15) is 11.9 Å². The van der Waals surface area contributed by atoms with Gasteiger partial charge in [-0.25, -0.2) is 8.42 Å². The van der Waals surface area contributed by atoms with E-state index in [1.807, 2.05) is 13.8 Å². The molecule has 0 aromatic heterocycles. The van der Waals surface area contributed by atoms with Gasteiger partial charge >= 0.3 is 0 Å². The van der Waals surface area contributed by atoms with E-state index < -0.39 is 16.1 Å². The molecule has 0 radical (unpaired) electrons. The van der Waals surface area contributed by atoms with E-state index in [0.29, 0.717) is 12.0 Å². The quantitative estimate of drug-likeness (QED) is 0.564. The maximum Gasteiger partial charge on any atom is 0.263 e. The van der Waals surface area contributed by atoms with Gasteiger partial charge in [0.2, 0.25) is 11.8 Å². The lowest BCUT2D eigenvalue weighted by molar-refractivity contribution is -0.124. The lowest BCUT2D eigenvalue weighted by atomic mass is 9.95. The molecule has 0 saturated heterocycles. The molecule has 1 aliphatic carbocycles. The number of aliphatic imine (C=N–C) groups is 1. The second-order valence-electron chi connectivity index (χ2n) is 8.35. The average molecular weight is 449 g/mol. The zero-order valence-corrected chi connectivity index (χ0v) is 19.0. The Labute approximate surface area is 184 Å². The number of nitrogens with one attached hydrogen (secondary N) is 3. The van der Waals surface area contributed by atoms with E-state index in [0.717, 1.165) is 25.7 Å². The van der Waals surface area contributed by atoms with E-state index in [1.165, 1.54) is 12.5 Å². The third-order valence-corrected chi connectivity index (χ3v) is 7.40. The highest BCUT2D eigenvalue weighted by atomic mass is 32.2. The smallest absolute Gasteiger partial charge is 0.263 e. The van der Waals surface area contributed by atoms with Crippen LogP contribution >= 0.6 is 0 Å². The number of benzene rings is 1. The average Bonchev–Trinajstić information content (AvgIpc) is 3.02. The van der Waals surface area contributed by atoms with Crippen molar-refractivity contribution in [1.82, 2.24) is 15.4 Å². The number of carbonyl (C=O) groups excluding carboxylic acids is 2. The highest BCUT2D eigenvalue weighted by Gasteiger charge is 2.33. The molecule has 3 N–H and O–H groups in total. The number of sulfonamides is 1. The van der Waals surface area contributed by atoms with Crippen LogP contribution in [0.5, 0.6) is 0 Å². The Bertz CT molecular complexity index is 939. The minimum absolute atomic E-state index is 0.0592. The lowest BCUT2D eigenvalue weighted by Crippen LogP contribution is -2.42. The van der Waals surface area contributed by atoms with Gasteiger partial charge in [0.15, 0.2) is 0 Å². The van der Waals surface area contributed by atoms with Crippen LogP contribution in [0.15, 0.2) is 34.2 Å². The summed E-state index contributed by atoms with van der Waals surface area (Å²) in [5.74, 6) is -0.279. The zero-order chi connectivity index (χ0) is 22.4. The molecule has 2 aliphatic rings. The summed E-state index contributed by atoms with van der Waals surface area (Å²) in [7, 11) is -3.67. The Kier molecular flexibility index (Phi) is 7.69. The first-order chi connectivity index (χ1) is 14.8. The maximum atomic E-state index is 12.8. The number of hydrogen-bond donors (Lipinski definition) is 3. The predicted octanol–water partition coefficient (Wildman–Crippen LogP) is 2.09. The van der Waals surface area contributed by atoms with Crippen LogP contribution in [0.25, 0.3) is 0 Å². The van der Waals surface area contributed by atoms with E-state index in [4.69, 9.17) is 0 Å². The van der Waals surface area contributed by atoms with Crippen molar-refractivity contribution in [1.29, 1.82) is 0 Å². The number of hydrogen-bond acceptors (Lipinski definition) is 5. The molecule has 2 atom stereocenters. The summed E-state index contributed by atoms with van der Waals surface area (Å²) in [6.45, 7) is 4.08. The summed E-state index contributed by atoms with van der Waals surface area (Å²) in [5, 5.41) is 5.84. The first-order valence-corrected chi connectivity index (χ1v) is 12.6. The van der Waals surface area contributed by atoms with Crippen molar-refractivity contribution in [2.24, 2.45) is 10.9 Å². The van der Waals surface area contributed by atoms with Crippen LogP contribution in [0.1, 0.15) is 64.4 Å². The third kappa shape index (κ3) is 5.84. The number of nitrogens with zero attached hydrogens (tertiary/aromatic N) is 1. The third-order valence-electron chi connectivity index (χ3n) is 6.00. The molecule has 2 amide bonds. The molecular weight excluding hydrogens is 416 g/mol. The summed E-state index contributed by atoms with van der Waals surface area (Å²) in [4.78, 5) is 29.7. The highest BCUT2D eigenvalue weighted by molar-refractivity contribution is 7.90. The first kappa shape index (κ1) is 23.2. The molecule has 1 aliphatic heterocycles. The molecule has 1 saturated carbocycles. The minimum atomic E-state index is -3.67. The van der Waals surface area contributed by atoms with Gasteiger partial charge in [0.25, 0.3) is 10.0 Å². The molecule has 0 spiro atoms. The Morgan fingerprint density at radius 1 is 1.19 bits per heavy atom. The van der Waals surface area contributed by atoms with E-state index in [2.05, 4.69) is 20.3 Å². The van der Waals surface area contributed by atoms with Gasteiger partial charge in [-0.05, 0) is 30.9 Å². The van der Waals surface area contributed by atoms with E-state index >= 15 is 0 Å². The predicted molar refractivity (Wildman–Crippen MR) is 119 cm³/mol. The topological polar surface area (TPSA) is 117 Å². The van der Waals surface area contributed by atoms with Gasteiger partial charge in [-0.3, -0.25) is 19.3 Å². The molecule has 170 valence electrons. The Morgan fingerprint density at radius 2 is 1.90 bits per heavy atom. The zero-order valence-electron chi connectivity index (χ0n) is 18.2. The number of amidine groups is 1.